The fourth-order valence-electron chi connectivity index (χ4n) is 3.51. The first-order valence-corrected chi connectivity index (χ1v) is 9.61. The van der Waals surface area contributed by atoms with Crippen LogP contribution in [0.5, 0.6) is 0 Å². The number of hydrogen-bond donors (Lipinski definition) is 2. The van der Waals surface area contributed by atoms with Crippen LogP contribution >= 0.6 is 11.6 Å². The summed E-state index contributed by atoms with van der Waals surface area (Å²) in [5.74, 6) is -4.36. The van der Waals surface area contributed by atoms with Gasteiger partial charge in [-0.2, -0.15) is 0 Å². The molecule has 1 saturated carbocycles. The van der Waals surface area contributed by atoms with E-state index in [0.717, 1.165) is 18.9 Å². The molecule has 2 aromatic rings. The molecular formula is C21H19ClFN2O4-. The average molecular weight is 418 g/mol. The Morgan fingerprint density at radius 2 is 1.69 bits per heavy atom. The molecule has 2 atom stereocenters. The van der Waals surface area contributed by atoms with E-state index in [2.05, 4.69) is 10.6 Å². The SMILES string of the molecule is O=C(Nc1ccc(F)c(Cl)c1)c1ccccc1NC(=O)[C@@H]1CCCC[C@H]1C(=O)[O-]. The number of rotatable bonds is 5. The zero-order valence-electron chi connectivity index (χ0n) is 15.4. The molecule has 1 fully saturated rings. The first-order valence-electron chi connectivity index (χ1n) is 9.24. The second-order valence-corrected chi connectivity index (χ2v) is 7.34. The summed E-state index contributed by atoms with van der Waals surface area (Å²) in [5, 5.41) is 16.5. The average Bonchev–Trinajstić information content (AvgIpc) is 2.71. The lowest BCUT2D eigenvalue weighted by Gasteiger charge is -2.31. The summed E-state index contributed by atoms with van der Waals surface area (Å²) in [5.41, 5.74) is 0.736. The van der Waals surface area contributed by atoms with Crippen LogP contribution in [0.3, 0.4) is 0 Å². The largest absolute Gasteiger partial charge is 0.550 e. The number of carboxylic acid groups (broad SMARTS) is 1. The lowest BCUT2D eigenvalue weighted by molar-refractivity contribution is -0.313. The van der Waals surface area contributed by atoms with E-state index in [9.17, 15) is 23.9 Å². The van der Waals surface area contributed by atoms with Crippen LogP contribution in [0.4, 0.5) is 15.8 Å². The number of benzene rings is 2. The molecule has 0 aliphatic heterocycles. The number of amides is 2. The summed E-state index contributed by atoms with van der Waals surface area (Å²) in [4.78, 5) is 36.7. The molecule has 29 heavy (non-hydrogen) atoms. The Bertz CT molecular complexity index is 950. The number of nitrogens with one attached hydrogen (secondary N) is 2. The van der Waals surface area contributed by atoms with Crippen molar-refractivity contribution in [3.05, 3.63) is 58.9 Å². The summed E-state index contributed by atoms with van der Waals surface area (Å²) >= 11 is 5.73. The van der Waals surface area contributed by atoms with Crippen molar-refractivity contribution in [3.63, 3.8) is 0 Å². The second-order valence-electron chi connectivity index (χ2n) is 6.93. The molecule has 1 aliphatic rings. The third-order valence-corrected chi connectivity index (χ3v) is 5.30. The molecular weight excluding hydrogens is 399 g/mol. The smallest absolute Gasteiger partial charge is 0.257 e. The van der Waals surface area contributed by atoms with Crippen LogP contribution in [0.1, 0.15) is 36.0 Å². The van der Waals surface area contributed by atoms with E-state index in [0.29, 0.717) is 18.5 Å². The highest BCUT2D eigenvalue weighted by Gasteiger charge is 2.32. The topological polar surface area (TPSA) is 98.3 Å². The minimum Gasteiger partial charge on any atom is -0.550 e. The van der Waals surface area contributed by atoms with Gasteiger partial charge in [0.05, 0.1) is 16.3 Å². The van der Waals surface area contributed by atoms with Crippen LogP contribution in [-0.2, 0) is 9.59 Å². The molecule has 8 heteroatoms. The molecule has 0 radical (unpaired) electrons. The van der Waals surface area contributed by atoms with E-state index in [-0.39, 0.29) is 16.3 Å². The third kappa shape index (κ3) is 4.92. The van der Waals surface area contributed by atoms with Crippen molar-refractivity contribution in [1.82, 2.24) is 0 Å². The first-order chi connectivity index (χ1) is 13.9. The number of hydrogen-bond acceptors (Lipinski definition) is 4. The number of aliphatic carboxylic acids is 1. The Labute approximate surface area is 172 Å². The lowest BCUT2D eigenvalue weighted by atomic mass is 9.78. The van der Waals surface area contributed by atoms with Gasteiger partial charge in [0.1, 0.15) is 5.82 Å². The van der Waals surface area contributed by atoms with Crippen LogP contribution in [0, 0.1) is 17.7 Å². The highest BCUT2D eigenvalue weighted by Crippen LogP contribution is 2.31. The normalized spacial score (nSPS) is 18.7. The zero-order valence-corrected chi connectivity index (χ0v) is 16.2. The van der Waals surface area contributed by atoms with Crippen molar-refractivity contribution >= 4 is 40.8 Å². The first kappa shape index (κ1) is 20.8. The van der Waals surface area contributed by atoms with Gasteiger partial charge in [0.2, 0.25) is 5.91 Å². The Morgan fingerprint density at radius 3 is 2.38 bits per heavy atom. The molecule has 0 saturated heterocycles. The highest BCUT2D eigenvalue weighted by atomic mass is 35.5. The summed E-state index contributed by atoms with van der Waals surface area (Å²) in [6, 6.07) is 10.1. The quantitative estimate of drug-likeness (QED) is 0.780. The van der Waals surface area contributed by atoms with E-state index in [1.165, 1.54) is 18.2 Å². The molecule has 6 nitrogen and oxygen atoms in total. The van der Waals surface area contributed by atoms with E-state index in [1.807, 2.05) is 0 Å². The Hall–Kier alpha value is -2.93. The minimum absolute atomic E-state index is 0.130. The van der Waals surface area contributed by atoms with Crippen LogP contribution in [-0.4, -0.2) is 17.8 Å². The number of halogens is 2. The molecule has 0 spiro atoms. The molecule has 0 aromatic heterocycles. The lowest BCUT2D eigenvalue weighted by Crippen LogP contribution is -2.42. The van der Waals surface area contributed by atoms with Crippen molar-refractivity contribution in [3.8, 4) is 0 Å². The maximum Gasteiger partial charge on any atom is 0.257 e. The van der Waals surface area contributed by atoms with E-state index >= 15 is 0 Å². The molecule has 2 aromatic carbocycles. The van der Waals surface area contributed by atoms with Crippen molar-refractivity contribution < 1.29 is 23.9 Å². The summed E-state index contributed by atoms with van der Waals surface area (Å²) in [6.07, 6.45) is 2.35. The standard InChI is InChI=1S/C21H20ClFN2O4/c22-16-11-12(9-10-17(16)23)24-20(27)15-7-3-4-8-18(15)25-19(26)13-5-1-2-6-14(13)21(28)29/h3-4,7-11,13-14H,1-2,5-6H2,(H,24,27)(H,25,26)(H,28,29)/p-1/t13-,14-/m1/s1. The van der Waals surface area contributed by atoms with Gasteiger partial charge in [0, 0.05) is 23.5 Å². The molecule has 1 aliphatic carbocycles. The van der Waals surface area contributed by atoms with Crippen molar-refractivity contribution in [2.45, 2.75) is 25.7 Å². The maximum absolute atomic E-state index is 13.3. The number of carbonyl (C=O) groups is 3. The monoisotopic (exact) mass is 417 g/mol. The molecule has 0 bridgehead atoms. The predicted octanol–water partition coefficient (Wildman–Crippen LogP) is 3.23. The second kappa shape index (κ2) is 9.05. The van der Waals surface area contributed by atoms with Crippen molar-refractivity contribution in [2.75, 3.05) is 10.6 Å². The third-order valence-electron chi connectivity index (χ3n) is 5.01. The summed E-state index contributed by atoms with van der Waals surface area (Å²) in [7, 11) is 0. The van der Waals surface area contributed by atoms with Gasteiger partial charge in [-0.05, 0) is 43.2 Å². The fourth-order valence-corrected chi connectivity index (χ4v) is 3.70. The van der Waals surface area contributed by atoms with Gasteiger partial charge in [-0.25, -0.2) is 4.39 Å². The summed E-state index contributed by atoms with van der Waals surface area (Å²) in [6.45, 7) is 0. The van der Waals surface area contributed by atoms with E-state index in [1.54, 1.807) is 18.2 Å². The molecule has 0 unspecified atom stereocenters. The van der Waals surface area contributed by atoms with Crippen LogP contribution in [0.15, 0.2) is 42.5 Å². The molecule has 0 heterocycles. The maximum atomic E-state index is 13.3. The molecule has 2 amide bonds. The van der Waals surface area contributed by atoms with Crippen molar-refractivity contribution in [1.29, 1.82) is 0 Å². The van der Waals surface area contributed by atoms with Gasteiger partial charge >= 0.3 is 0 Å². The van der Waals surface area contributed by atoms with Gasteiger partial charge in [-0.15, -0.1) is 0 Å². The van der Waals surface area contributed by atoms with Gasteiger partial charge in [-0.1, -0.05) is 36.6 Å². The van der Waals surface area contributed by atoms with Crippen molar-refractivity contribution in [2.24, 2.45) is 11.8 Å². The summed E-state index contributed by atoms with van der Waals surface area (Å²) < 4.78 is 13.3. The van der Waals surface area contributed by atoms with Gasteiger partial charge in [0.15, 0.2) is 0 Å². The van der Waals surface area contributed by atoms with Crippen LogP contribution in [0.25, 0.3) is 0 Å². The van der Waals surface area contributed by atoms with Gasteiger partial charge in [-0.3, -0.25) is 9.59 Å². The number of anilines is 2. The number of para-hydroxylation sites is 1. The molecule has 152 valence electrons. The Kier molecular flexibility index (Phi) is 6.49. The van der Waals surface area contributed by atoms with Crippen LogP contribution < -0.4 is 15.7 Å². The predicted molar refractivity (Wildman–Crippen MR) is 105 cm³/mol. The van der Waals surface area contributed by atoms with E-state index in [4.69, 9.17) is 11.6 Å². The van der Waals surface area contributed by atoms with Gasteiger partial charge in [0.25, 0.3) is 5.91 Å². The van der Waals surface area contributed by atoms with Crippen LogP contribution in [0.2, 0.25) is 5.02 Å². The Morgan fingerprint density at radius 1 is 1.00 bits per heavy atom. The Balaban J connectivity index is 1.77. The highest BCUT2D eigenvalue weighted by molar-refractivity contribution is 6.31. The van der Waals surface area contributed by atoms with E-state index < -0.39 is 35.4 Å². The molecule has 3 rings (SSSR count). The van der Waals surface area contributed by atoms with Gasteiger partial charge < -0.3 is 20.5 Å². The number of carbonyl (C=O) groups excluding carboxylic acids is 3. The zero-order chi connectivity index (χ0) is 21.0. The fraction of sp³-hybridized carbons (Fsp3) is 0.286. The number of carboxylic acids is 1. The minimum atomic E-state index is -1.23. The molecule has 2 N–H and O–H groups in total.